The molecule has 0 aromatic heterocycles. The summed E-state index contributed by atoms with van der Waals surface area (Å²) in [5, 5.41) is 3.20. The lowest BCUT2D eigenvalue weighted by Gasteiger charge is -2.15. The molecule has 2 aromatic rings. The first-order valence-electron chi connectivity index (χ1n) is 6.47. The predicted octanol–water partition coefficient (Wildman–Crippen LogP) is 3.62. The Hall–Kier alpha value is -2.40. The minimum absolute atomic E-state index is 0.298. The van der Waals surface area contributed by atoms with Crippen LogP contribution in [0, 0.1) is 0 Å². The van der Waals surface area contributed by atoms with Crippen LogP contribution in [0.15, 0.2) is 36.4 Å². The van der Waals surface area contributed by atoms with E-state index in [0.29, 0.717) is 33.5 Å². The van der Waals surface area contributed by atoms with Gasteiger partial charge in [0, 0.05) is 0 Å². The molecule has 0 radical (unpaired) electrons. The number of hydrogen-bond donors (Lipinski definition) is 1. The van der Waals surface area contributed by atoms with Crippen molar-refractivity contribution in [3.63, 3.8) is 0 Å². The first-order valence-corrected chi connectivity index (χ1v) is 6.85. The third-order valence-electron chi connectivity index (χ3n) is 3.07. The van der Waals surface area contributed by atoms with E-state index in [1.807, 2.05) is 0 Å². The van der Waals surface area contributed by atoms with Crippen LogP contribution in [0.4, 0.5) is 5.69 Å². The zero-order valence-electron chi connectivity index (χ0n) is 12.5. The van der Waals surface area contributed by atoms with Crippen molar-refractivity contribution in [3.8, 4) is 17.2 Å². The maximum absolute atomic E-state index is 12.5. The SMILES string of the molecule is COc1ccc(C(=O)Nc2ccccc2Cl)c(OC)c1OC. The third kappa shape index (κ3) is 3.09. The van der Waals surface area contributed by atoms with Gasteiger partial charge in [-0.2, -0.15) is 0 Å². The molecule has 6 heteroatoms. The van der Waals surface area contributed by atoms with Gasteiger partial charge in [-0.15, -0.1) is 0 Å². The van der Waals surface area contributed by atoms with Gasteiger partial charge < -0.3 is 19.5 Å². The Balaban J connectivity index is 2.40. The molecule has 2 aromatic carbocycles. The predicted molar refractivity (Wildman–Crippen MR) is 85.5 cm³/mol. The van der Waals surface area contributed by atoms with E-state index < -0.39 is 0 Å². The summed E-state index contributed by atoms with van der Waals surface area (Å²) in [4.78, 5) is 12.5. The number of ether oxygens (including phenoxy) is 3. The monoisotopic (exact) mass is 321 g/mol. The van der Waals surface area contributed by atoms with Crippen molar-refractivity contribution >= 4 is 23.2 Å². The minimum atomic E-state index is -0.356. The number of carbonyl (C=O) groups is 1. The summed E-state index contributed by atoms with van der Waals surface area (Å²) < 4.78 is 15.8. The van der Waals surface area contributed by atoms with Crippen molar-refractivity contribution in [2.75, 3.05) is 26.6 Å². The van der Waals surface area contributed by atoms with Gasteiger partial charge in [0.05, 0.1) is 37.6 Å². The summed E-state index contributed by atoms with van der Waals surface area (Å²) in [7, 11) is 4.46. The number of hydrogen-bond acceptors (Lipinski definition) is 4. The Kier molecular flexibility index (Phi) is 5.12. The topological polar surface area (TPSA) is 56.8 Å². The van der Waals surface area contributed by atoms with Crippen molar-refractivity contribution in [1.82, 2.24) is 0 Å². The summed E-state index contributed by atoms with van der Waals surface area (Å²) in [5.41, 5.74) is 0.839. The summed E-state index contributed by atoms with van der Waals surface area (Å²) in [6.07, 6.45) is 0. The number of rotatable bonds is 5. The molecule has 5 nitrogen and oxygen atoms in total. The molecule has 0 spiro atoms. The highest BCUT2D eigenvalue weighted by Gasteiger charge is 2.21. The molecule has 0 saturated heterocycles. The number of benzene rings is 2. The van der Waals surface area contributed by atoms with Gasteiger partial charge >= 0.3 is 0 Å². The molecule has 0 unspecified atom stereocenters. The molecule has 116 valence electrons. The number of halogens is 1. The number of amides is 1. The van der Waals surface area contributed by atoms with Crippen molar-refractivity contribution in [3.05, 3.63) is 47.0 Å². The Labute approximate surface area is 133 Å². The van der Waals surface area contributed by atoms with E-state index >= 15 is 0 Å². The Morgan fingerprint density at radius 2 is 1.64 bits per heavy atom. The number of carbonyl (C=O) groups excluding carboxylic acids is 1. The number of para-hydroxylation sites is 1. The molecule has 0 aliphatic carbocycles. The second-order valence-corrected chi connectivity index (χ2v) is 4.72. The fourth-order valence-corrected chi connectivity index (χ4v) is 2.22. The number of anilines is 1. The van der Waals surface area contributed by atoms with E-state index in [4.69, 9.17) is 25.8 Å². The summed E-state index contributed by atoms with van der Waals surface area (Å²) >= 11 is 6.05. The molecule has 22 heavy (non-hydrogen) atoms. The van der Waals surface area contributed by atoms with Crippen LogP contribution in [0.1, 0.15) is 10.4 Å². The highest BCUT2D eigenvalue weighted by molar-refractivity contribution is 6.33. The molecule has 0 atom stereocenters. The second-order valence-electron chi connectivity index (χ2n) is 4.32. The van der Waals surface area contributed by atoms with E-state index in [0.717, 1.165) is 0 Å². The average Bonchev–Trinajstić information content (AvgIpc) is 2.55. The summed E-state index contributed by atoms with van der Waals surface area (Å²) in [5.74, 6) is 0.780. The molecule has 1 amide bonds. The average molecular weight is 322 g/mol. The maximum atomic E-state index is 12.5. The third-order valence-corrected chi connectivity index (χ3v) is 3.40. The van der Waals surface area contributed by atoms with Crippen LogP contribution < -0.4 is 19.5 Å². The Morgan fingerprint density at radius 3 is 2.23 bits per heavy atom. The van der Waals surface area contributed by atoms with E-state index in [9.17, 15) is 4.79 Å². The largest absolute Gasteiger partial charge is 0.493 e. The Morgan fingerprint density at radius 1 is 0.955 bits per heavy atom. The highest BCUT2D eigenvalue weighted by atomic mass is 35.5. The lowest BCUT2D eigenvalue weighted by atomic mass is 10.1. The van der Waals surface area contributed by atoms with Crippen LogP contribution in [-0.2, 0) is 0 Å². The van der Waals surface area contributed by atoms with Crippen LogP contribution in [0.5, 0.6) is 17.2 Å². The highest BCUT2D eigenvalue weighted by Crippen LogP contribution is 2.40. The zero-order valence-corrected chi connectivity index (χ0v) is 13.2. The van der Waals surface area contributed by atoms with E-state index in [2.05, 4.69) is 5.32 Å². The van der Waals surface area contributed by atoms with Crippen LogP contribution in [-0.4, -0.2) is 27.2 Å². The van der Waals surface area contributed by atoms with Gasteiger partial charge in [-0.1, -0.05) is 23.7 Å². The zero-order chi connectivity index (χ0) is 16.1. The molecule has 0 heterocycles. The first kappa shape index (κ1) is 16.0. The van der Waals surface area contributed by atoms with Gasteiger partial charge in [-0.25, -0.2) is 0 Å². The molecule has 0 saturated carbocycles. The fraction of sp³-hybridized carbons (Fsp3) is 0.188. The van der Waals surface area contributed by atoms with Crippen molar-refractivity contribution in [2.24, 2.45) is 0 Å². The first-order chi connectivity index (χ1) is 10.6. The molecule has 0 aliphatic heterocycles. The van der Waals surface area contributed by atoms with Crippen LogP contribution >= 0.6 is 11.6 Å². The standard InChI is InChI=1S/C16H16ClNO4/c1-20-13-9-8-10(14(21-2)15(13)22-3)16(19)18-12-7-5-4-6-11(12)17/h4-9H,1-3H3,(H,18,19). The normalized spacial score (nSPS) is 10.0. The second kappa shape index (κ2) is 7.04. The lowest BCUT2D eigenvalue weighted by Crippen LogP contribution is -2.14. The quantitative estimate of drug-likeness (QED) is 0.914. The van der Waals surface area contributed by atoms with Gasteiger partial charge in [0.1, 0.15) is 0 Å². The molecule has 0 bridgehead atoms. The fourth-order valence-electron chi connectivity index (χ4n) is 2.03. The van der Waals surface area contributed by atoms with Crippen LogP contribution in [0.2, 0.25) is 5.02 Å². The minimum Gasteiger partial charge on any atom is -0.493 e. The number of nitrogens with one attached hydrogen (secondary N) is 1. The Bertz CT molecular complexity index is 688. The van der Waals surface area contributed by atoms with Crippen molar-refractivity contribution in [1.29, 1.82) is 0 Å². The smallest absolute Gasteiger partial charge is 0.259 e. The van der Waals surface area contributed by atoms with Gasteiger partial charge in [0.2, 0.25) is 5.75 Å². The van der Waals surface area contributed by atoms with Crippen LogP contribution in [0.3, 0.4) is 0 Å². The van der Waals surface area contributed by atoms with Gasteiger partial charge in [0.25, 0.3) is 5.91 Å². The molecule has 2 rings (SSSR count). The van der Waals surface area contributed by atoms with E-state index in [-0.39, 0.29) is 5.91 Å². The summed E-state index contributed by atoms with van der Waals surface area (Å²) in [6.45, 7) is 0. The summed E-state index contributed by atoms with van der Waals surface area (Å²) in [6, 6.07) is 10.2. The molecule has 0 aliphatic rings. The number of methoxy groups -OCH3 is 3. The lowest BCUT2D eigenvalue weighted by molar-refractivity contribution is 0.102. The van der Waals surface area contributed by atoms with Crippen molar-refractivity contribution in [2.45, 2.75) is 0 Å². The molecular weight excluding hydrogens is 306 g/mol. The molecule has 1 N–H and O–H groups in total. The van der Waals surface area contributed by atoms with Gasteiger partial charge in [-0.05, 0) is 24.3 Å². The molecule has 0 fully saturated rings. The molecular formula is C16H16ClNO4. The van der Waals surface area contributed by atoms with Gasteiger partial charge in [0.15, 0.2) is 11.5 Å². The van der Waals surface area contributed by atoms with Gasteiger partial charge in [-0.3, -0.25) is 4.79 Å². The van der Waals surface area contributed by atoms with Crippen molar-refractivity contribution < 1.29 is 19.0 Å². The van der Waals surface area contributed by atoms with Crippen LogP contribution in [0.25, 0.3) is 0 Å². The maximum Gasteiger partial charge on any atom is 0.259 e. The van der Waals surface area contributed by atoms with E-state index in [1.54, 1.807) is 36.4 Å². The van der Waals surface area contributed by atoms with E-state index in [1.165, 1.54) is 21.3 Å².